The van der Waals surface area contributed by atoms with Crippen molar-refractivity contribution in [2.24, 2.45) is 0 Å². The fourth-order valence-corrected chi connectivity index (χ4v) is 3.21. The first-order valence-electron chi connectivity index (χ1n) is 6.74. The predicted octanol–water partition coefficient (Wildman–Crippen LogP) is 0.633. The number of carbonyl (C=O) groups is 1. The third-order valence-electron chi connectivity index (χ3n) is 3.12. The minimum Gasteiger partial charge on any atom is -0.481 e. The second kappa shape index (κ2) is 8.08. The molecule has 0 aromatic heterocycles. The molecule has 0 saturated heterocycles. The molecule has 2 unspecified atom stereocenters. The van der Waals surface area contributed by atoms with Crippen LogP contribution >= 0.6 is 0 Å². The Hall–Kier alpha value is -1.76. The van der Waals surface area contributed by atoms with E-state index >= 15 is 0 Å². The van der Waals surface area contributed by atoms with Crippen LogP contribution in [0.1, 0.15) is 23.6 Å². The predicted molar refractivity (Wildman–Crippen MR) is 76.4 cm³/mol. The summed E-state index contributed by atoms with van der Waals surface area (Å²) in [6.07, 6.45) is -7.87. The number of halogens is 4. The fraction of sp³-hybridized carbons (Fsp3) is 0.462. The van der Waals surface area contributed by atoms with Crippen LogP contribution in [-0.2, 0) is 21.0 Å². The molecular formula is C13H15F4NO6S. The normalized spacial score (nSPS) is 15.0. The number of nitrogens with one attached hydrogen (secondary N) is 1. The van der Waals surface area contributed by atoms with E-state index in [1.165, 1.54) is 0 Å². The number of carboxylic acids is 1. The fourth-order valence-electron chi connectivity index (χ4n) is 1.97. The molecule has 0 aliphatic carbocycles. The molecule has 142 valence electrons. The number of carboxylic acid groups (broad SMARTS) is 1. The molecule has 2 atom stereocenters. The first-order chi connectivity index (χ1) is 11.4. The molecule has 0 saturated carbocycles. The third-order valence-corrected chi connectivity index (χ3v) is 4.47. The van der Waals surface area contributed by atoms with Crippen molar-refractivity contribution in [3.63, 3.8) is 0 Å². The second-order valence-corrected chi connectivity index (χ2v) is 6.91. The Bertz CT molecular complexity index is 722. The van der Waals surface area contributed by atoms with Crippen LogP contribution in [-0.4, -0.2) is 48.2 Å². The van der Waals surface area contributed by atoms with Gasteiger partial charge >= 0.3 is 12.1 Å². The number of sulfonamides is 1. The van der Waals surface area contributed by atoms with E-state index in [0.29, 0.717) is 12.1 Å². The average molecular weight is 389 g/mol. The summed E-state index contributed by atoms with van der Waals surface area (Å²) in [5.74, 6) is -3.65. The van der Waals surface area contributed by atoms with Crippen molar-refractivity contribution in [2.45, 2.75) is 24.7 Å². The van der Waals surface area contributed by atoms with E-state index in [-0.39, 0.29) is 6.07 Å². The van der Waals surface area contributed by atoms with Gasteiger partial charge in [-0.3, -0.25) is 4.79 Å². The lowest BCUT2D eigenvalue weighted by atomic mass is 9.96. The Morgan fingerprint density at radius 1 is 1.28 bits per heavy atom. The topological polar surface area (TPSA) is 124 Å². The molecule has 0 bridgehead atoms. The lowest BCUT2D eigenvalue weighted by Gasteiger charge is -2.26. The summed E-state index contributed by atoms with van der Waals surface area (Å²) in [5.41, 5.74) is -2.35. The number of hydrogen-bond acceptors (Lipinski definition) is 5. The Balaban J connectivity index is 3.32. The van der Waals surface area contributed by atoms with Crippen LogP contribution in [0.5, 0.6) is 0 Å². The zero-order chi connectivity index (χ0) is 19.4. The molecule has 0 fully saturated rings. The molecule has 1 aromatic rings. The highest BCUT2D eigenvalue weighted by molar-refractivity contribution is 7.89. The van der Waals surface area contributed by atoms with E-state index in [2.05, 4.69) is 0 Å². The van der Waals surface area contributed by atoms with Crippen LogP contribution in [0.3, 0.4) is 0 Å². The summed E-state index contributed by atoms with van der Waals surface area (Å²) in [4.78, 5) is 10.4. The van der Waals surface area contributed by atoms with Gasteiger partial charge in [0.05, 0.1) is 36.5 Å². The van der Waals surface area contributed by atoms with Crippen LogP contribution in [0, 0.1) is 5.82 Å². The number of aliphatic hydroxyl groups is 2. The Kier molecular flexibility index (Phi) is 6.88. The van der Waals surface area contributed by atoms with Crippen molar-refractivity contribution < 1.29 is 46.1 Å². The van der Waals surface area contributed by atoms with Crippen molar-refractivity contribution in [3.05, 3.63) is 35.1 Å². The van der Waals surface area contributed by atoms with Crippen LogP contribution in [0.2, 0.25) is 0 Å². The minimum absolute atomic E-state index is 0.123. The van der Waals surface area contributed by atoms with Crippen LogP contribution in [0.25, 0.3) is 0 Å². The van der Waals surface area contributed by atoms with Crippen molar-refractivity contribution in [1.29, 1.82) is 0 Å². The molecule has 7 nitrogen and oxygen atoms in total. The maximum Gasteiger partial charge on any atom is 0.416 e. The largest absolute Gasteiger partial charge is 0.481 e. The molecule has 1 rings (SSSR count). The van der Waals surface area contributed by atoms with Crippen LogP contribution in [0.15, 0.2) is 18.2 Å². The van der Waals surface area contributed by atoms with Crippen molar-refractivity contribution in [2.75, 3.05) is 12.4 Å². The molecule has 25 heavy (non-hydrogen) atoms. The van der Waals surface area contributed by atoms with Crippen LogP contribution < -0.4 is 4.72 Å². The quantitative estimate of drug-likeness (QED) is 0.484. The van der Waals surface area contributed by atoms with E-state index in [9.17, 15) is 35.9 Å². The van der Waals surface area contributed by atoms with Gasteiger partial charge in [-0.1, -0.05) is 6.07 Å². The first-order valence-corrected chi connectivity index (χ1v) is 8.40. The molecule has 0 aliphatic rings. The maximum absolute atomic E-state index is 13.2. The minimum atomic E-state index is -5.06. The van der Waals surface area contributed by atoms with Gasteiger partial charge in [0, 0.05) is 0 Å². The van der Waals surface area contributed by atoms with E-state index in [4.69, 9.17) is 10.2 Å². The standard InChI is InChI=1S/C13H15F4NO6S/c14-7-1-2-8(9(5-7)13(15,16)17)12(10(20)6-19)18-25(23,24)4-3-11(21)22/h1-2,5,10,12,18-20H,3-4,6H2,(H,21,22). The van der Waals surface area contributed by atoms with Crippen molar-refractivity contribution in [3.8, 4) is 0 Å². The monoisotopic (exact) mass is 389 g/mol. The SMILES string of the molecule is O=C(O)CCS(=O)(=O)NC(c1ccc(F)cc1C(F)(F)F)C(O)CO. The van der Waals surface area contributed by atoms with E-state index in [1.807, 2.05) is 0 Å². The van der Waals surface area contributed by atoms with Gasteiger partial charge in [-0.2, -0.15) is 13.2 Å². The molecular weight excluding hydrogens is 374 g/mol. The van der Waals surface area contributed by atoms with E-state index in [1.54, 1.807) is 4.72 Å². The van der Waals surface area contributed by atoms with Gasteiger partial charge in [0.2, 0.25) is 10.0 Å². The van der Waals surface area contributed by atoms with Crippen molar-refractivity contribution >= 4 is 16.0 Å². The van der Waals surface area contributed by atoms with Gasteiger partial charge in [0.1, 0.15) is 5.82 Å². The summed E-state index contributed by atoms with van der Waals surface area (Å²) in [6, 6.07) is -0.576. The van der Waals surface area contributed by atoms with Gasteiger partial charge in [0.25, 0.3) is 0 Å². The van der Waals surface area contributed by atoms with Gasteiger partial charge in [-0.15, -0.1) is 0 Å². The highest BCUT2D eigenvalue weighted by Gasteiger charge is 2.38. The summed E-state index contributed by atoms with van der Waals surface area (Å²) >= 11 is 0. The van der Waals surface area contributed by atoms with Crippen LogP contribution in [0.4, 0.5) is 17.6 Å². The highest BCUT2D eigenvalue weighted by Crippen LogP contribution is 2.36. The van der Waals surface area contributed by atoms with E-state index < -0.39 is 70.0 Å². The molecule has 1 aromatic carbocycles. The smallest absolute Gasteiger partial charge is 0.416 e. The van der Waals surface area contributed by atoms with Gasteiger partial charge in [-0.05, 0) is 17.7 Å². The zero-order valence-electron chi connectivity index (χ0n) is 12.5. The summed E-state index contributed by atoms with van der Waals surface area (Å²) < 4.78 is 77.8. The summed E-state index contributed by atoms with van der Waals surface area (Å²) in [5, 5.41) is 27.2. The summed E-state index contributed by atoms with van der Waals surface area (Å²) in [7, 11) is -4.41. The maximum atomic E-state index is 13.2. The third kappa shape index (κ3) is 6.23. The van der Waals surface area contributed by atoms with Gasteiger partial charge in [0.15, 0.2) is 0 Å². The number of hydrogen-bond donors (Lipinski definition) is 4. The van der Waals surface area contributed by atoms with Gasteiger partial charge < -0.3 is 15.3 Å². The molecule has 12 heteroatoms. The number of rotatable bonds is 8. The molecule has 0 aliphatic heterocycles. The molecule has 0 amide bonds. The Morgan fingerprint density at radius 3 is 2.36 bits per heavy atom. The Labute approximate surface area is 140 Å². The molecule has 0 radical (unpaired) electrons. The average Bonchev–Trinajstić information content (AvgIpc) is 2.49. The lowest BCUT2D eigenvalue weighted by molar-refractivity contribution is -0.139. The summed E-state index contributed by atoms with van der Waals surface area (Å²) in [6.45, 7) is -1.10. The molecule has 0 heterocycles. The highest BCUT2D eigenvalue weighted by atomic mass is 32.2. The molecule has 0 spiro atoms. The lowest BCUT2D eigenvalue weighted by Crippen LogP contribution is -2.40. The molecule has 4 N–H and O–H groups in total. The first kappa shape index (κ1) is 21.3. The van der Waals surface area contributed by atoms with Crippen molar-refractivity contribution in [1.82, 2.24) is 4.72 Å². The number of aliphatic carboxylic acids is 1. The second-order valence-electron chi connectivity index (χ2n) is 5.04. The Morgan fingerprint density at radius 2 is 1.88 bits per heavy atom. The number of alkyl halides is 3. The zero-order valence-corrected chi connectivity index (χ0v) is 13.3. The number of aliphatic hydroxyl groups excluding tert-OH is 2. The van der Waals surface area contributed by atoms with Gasteiger partial charge in [-0.25, -0.2) is 17.5 Å². The van der Waals surface area contributed by atoms with E-state index in [0.717, 1.165) is 0 Å². The number of benzene rings is 1.